The van der Waals surface area contributed by atoms with E-state index in [9.17, 15) is 0 Å². The summed E-state index contributed by atoms with van der Waals surface area (Å²) in [5.74, 6) is 0.497. The Morgan fingerprint density at radius 2 is 1.02 bits per heavy atom. The van der Waals surface area contributed by atoms with Gasteiger partial charge in [-0.25, -0.2) is 0 Å². The maximum absolute atomic E-state index is 2.58. The summed E-state index contributed by atoms with van der Waals surface area (Å²) in [6.07, 6.45) is 4.90. The van der Waals surface area contributed by atoms with Crippen molar-refractivity contribution in [2.75, 3.05) is 4.90 Å². The van der Waals surface area contributed by atoms with E-state index in [0.717, 1.165) is 0 Å². The molecule has 6 aromatic rings. The lowest BCUT2D eigenvalue weighted by atomic mass is 9.66. The zero-order valence-electron chi connectivity index (χ0n) is 39.9. The molecule has 3 aliphatic rings. The third-order valence-corrected chi connectivity index (χ3v) is 14.8. The van der Waals surface area contributed by atoms with E-state index in [1.807, 2.05) is 0 Å². The van der Waals surface area contributed by atoms with Crippen molar-refractivity contribution in [3.05, 3.63) is 190 Å². The van der Waals surface area contributed by atoms with Gasteiger partial charge in [0.15, 0.2) is 0 Å². The van der Waals surface area contributed by atoms with Crippen LogP contribution in [0.1, 0.15) is 147 Å². The van der Waals surface area contributed by atoms with Gasteiger partial charge in [-0.1, -0.05) is 212 Å². The quantitative estimate of drug-likeness (QED) is 0.168. The molecule has 0 fully saturated rings. The lowest BCUT2D eigenvalue weighted by Crippen LogP contribution is -2.25. The Bertz CT molecular complexity index is 2800. The summed E-state index contributed by atoms with van der Waals surface area (Å²) < 4.78 is 0. The Labute approximate surface area is 373 Å². The van der Waals surface area contributed by atoms with Crippen molar-refractivity contribution in [2.45, 2.75) is 125 Å². The standard InChI is InChI=1S/C61H67N/c1-38-48(58(5,6)7)35-34-46(55(38)39-26-28-40(29-27-39)57(2,3)4)45-21-16-18-25-54(45)62(41-30-32-44-43-20-15-17-22-49(43)60(11,12)52(44)36-41)42-31-33-47-53(37-42)61(13,14)51-24-19-23-50(56(47)51)59(8,9)10/h15-38,55H,1-14H3. The fourth-order valence-corrected chi connectivity index (χ4v) is 11.4. The maximum Gasteiger partial charge on any atom is 0.0537 e. The molecule has 6 aromatic carbocycles. The van der Waals surface area contributed by atoms with Crippen LogP contribution in [0.15, 0.2) is 145 Å². The molecule has 0 spiro atoms. The minimum Gasteiger partial charge on any atom is -0.310 e. The predicted octanol–water partition coefficient (Wildman–Crippen LogP) is 17.2. The Morgan fingerprint density at radius 1 is 0.468 bits per heavy atom. The molecule has 1 nitrogen and oxygen atoms in total. The lowest BCUT2D eigenvalue weighted by molar-refractivity contribution is 0.418. The second-order valence-electron chi connectivity index (χ2n) is 22.7. The molecule has 9 rings (SSSR count). The van der Waals surface area contributed by atoms with E-state index in [2.05, 4.69) is 241 Å². The molecule has 316 valence electrons. The van der Waals surface area contributed by atoms with Crippen LogP contribution in [0.5, 0.6) is 0 Å². The zero-order chi connectivity index (χ0) is 44.3. The largest absolute Gasteiger partial charge is 0.310 e. The molecular formula is C61H67N. The van der Waals surface area contributed by atoms with Gasteiger partial charge in [0.25, 0.3) is 0 Å². The third-order valence-electron chi connectivity index (χ3n) is 14.8. The van der Waals surface area contributed by atoms with Gasteiger partial charge in [0.2, 0.25) is 0 Å². The van der Waals surface area contributed by atoms with E-state index >= 15 is 0 Å². The molecule has 0 heterocycles. The summed E-state index contributed by atoms with van der Waals surface area (Å²) in [6, 6.07) is 49.3. The summed E-state index contributed by atoms with van der Waals surface area (Å²) in [5, 5.41) is 0. The van der Waals surface area contributed by atoms with Gasteiger partial charge in [-0.05, 0) is 119 Å². The number of nitrogens with zero attached hydrogens (tertiary/aromatic N) is 1. The van der Waals surface area contributed by atoms with Crippen LogP contribution < -0.4 is 4.90 Å². The van der Waals surface area contributed by atoms with Crippen LogP contribution in [0.4, 0.5) is 17.1 Å². The Balaban J connectivity index is 1.28. The number of allylic oxidation sites excluding steroid dienone is 4. The zero-order valence-corrected chi connectivity index (χ0v) is 39.9. The highest BCUT2D eigenvalue weighted by atomic mass is 15.1. The molecule has 1 heteroatoms. The SMILES string of the molecule is CC1C(C(C)(C)C)=CC=C(c2ccccc2N(c2ccc3c(c2)C(C)(C)c2ccccc2-3)c2ccc3c(c2)C(C)(C)c2cccc(C(C)(C)C)c2-3)C1c1ccc(C(C)(C)C)cc1. The highest BCUT2D eigenvalue weighted by Crippen LogP contribution is 2.56. The van der Waals surface area contributed by atoms with Gasteiger partial charge in [-0.2, -0.15) is 0 Å². The smallest absolute Gasteiger partial charge is 0.0537 e. The van der Waals surface area contributed by atoms with Crippen LogP contribution in [-0.4, -0.2) is 0 Å². The second-order valence-corrected chi connectivity index (χ2v) is 22.7. The highest BCUT2D eigenvalue weighted by molar-refractivity contribution is 5.93. The first-order chi connectivity index (χ1) is 29.1. The number of rotatable bonds is 5. The first-order valence-electron chi connectivity index (χ1n) is 23.1. The fraction of sp³-hybridized carbons (Fsp3) is 0.344. The van der Waals surface area contributed by atoms with Gasteiger partial charge in [0, 0.05) is 33.7 Å². The van der Waals surface area contributed by atoms with E-state index in [1.54, 1.807) is 0 Å². The molecular weight excluding hydrogens is 747 g/mol. The predicted molar refractivity (Wildman–Crippen MR) is 268 cm³/mol. The highest BCUT2D eigenvalue weighted by Gasteiger charge is 2.41. The molecule has 0 aliphatic heterocycles. The number of fused-ring (bicyclic) bond motifs is 6. The third kappa shape index (κ3) is 6.65. The van der Waals surface area contributed by atoms with Crippen LogP contribution >= 0.6 is 0 Å². The number of hydrogen-bond acceptors (Lipinski definition) is 1. The Morgan fingerprint density at radius 3 is 1.65 bits per heavy atom. The number of anilines is 3. The second kappa shape index (κ2) is 14.3. The maximum atomic E-state index is 2.58. The van der Waals surface area contributed by atoms with Crippen molar-refractivity contribution in [2.24, 2.45) is 11.3 Å². The average molecular weight is 814 g/mol. The molecule has 2 atom stereocenters. The van der Waals surface area contributed by atoms with Crippen LogP contribution in [0.3, 0.4) is 0 Å². The van der Waals surface area contributed by atoms with E-state index in [4.69, 9.17) is 0 Å². The van der Waals surface area contributed by atoms with Crippen molar-refractivity contribution < 1.29 is 0 Å². The van der Waals surface area contributed by atoms with Gasteiger partial charge in [-0.3, -0.25) is 0 Å². The van der Waals surface area contributed by atoms with Crippen LogP contribution in [-0.2, 0) is 21.7 Å². The molecule has 0 N–H and O–H groups in total. The van der Waals surface area contributed by atoms with Crippen molar-refractivity contribution >= 4 is 22.6 Å². The van der Waals surface area contributed by atoms with E-state index in [1.165, 1.54) is 95.0 Å². The molecule has 0 saturated heterocycles. The van der Waals surface area contributed by atoms with Gasteiger partial charge >= 0.3 is 0 Å². The molecule has 0 aromatic heterocycles. The van der Waals surface area contributed by atoms with E-state index in [-0.39, 0.29) is 33.0 Å². The Kier molecular flexibility index (Phi) is 9.68. The fourth-order valence-electron chi connectivity index (χ4n) is 11.4. The number of hydrogen-bond donors (Lipinski definition) is 0. The summed E-state index contributed by atoms with van der Waals surface area (Å²) in [6.45, 7) is 33.2. The van der Waals surface area contributed by atoms with Crippen LogP contribution in [0, 0.1) is 11.3 Å². The van der Waals surface area contributed by atoms with Gasteiger partial charge in [0.05, 0.1) is 5.69 Å². The summed E-state index contributed by atoms with van der Waals surface area (Å²) in [7, 11) is 0. The topological polar surface area (TPSA) is 3.24 Å². The molecule has 0 amide bonds. The average Bonchev–Trinajstić information content (AvgIpc) is 3.59. The normalized spacial score (nSPS) is 18.6. The lowest BCUT2D eigenvalue weighted by Gasteiger charge is -2.39. The monoisotopic (exact) mass is 814 g/mol. The van der Waals surface area contributed by atoms with Gasteiger partial charge in [-0.15, -0.1) is 0 Å². The summed E-state index contributed by atoms with van der Waals surface area (Å²) in [5.41, 5.74) is 22.8. The van der Waals surface area contributed by atoms with Crippen LogP contribution in [0.25, 0.3) is 27.8 Å². The van der Waals surface area contributed by atoms with Gasteiger partial charge in [0.1, 0.15) is 0 Å². The molecule has 0 radical (unpaired) electrons. The molecule has 0 bridgehead atoms. The van der Waals surface area contributed by atoms with E-state index in [0.29, 0.717) is 5.92 Å². The van der Waals surface area contributed by atoms with Crippen molar-refractivity contribution in [3.8, 4) is 22.3 Å². The molecule has 2 unspecified atom stereocenters. The van der Waals surface area contributed by atoms with E-state index < -0.39 is 0 Å². The first-order valence-corrected chi connectivity index (χ1v) is 23.1. The number of para-hydroxylation sites is 1. The van der Waals surface area contributed by atoms with Crippen molar-refractivity contribution in [1.82, 2.24) is 0 Å². The van der Waals surface area contributed by atoms with Crippen LogP contribution in [0.2, 0.25) is 0 Å². The first kappa shape index (κ1) is 41.9. The minimum atomic E-state index is -0.158. The molecule has 0 saturated carbocycles. The van der Waals surface area contributed by atoms with Gasteiger partial charge < -0.3 is 4.90 Å². The number of benzene rings is 6. The molecule has 62 heavy (non-hydrogen) atoms. The Hall–Kier alpha value is -5.40. The van der Waals surface area contributed by atoms with Crippen molar-refractivity contribution in [1.29, 1.82) is 0 Å². The minimum absolute atomic E-state index is 0.0250. The molecule has 3 aliphatic carbocycles. The van der Waals surface area contributed by atoms with Crippen molar-refractivity contribution in [3.63, 3.8) is 0 Å². The summed E-state index contributed by atoms with van der Waals surface area (Å²) in [4.78, 5) is 2.58. The summed E-state index contributed by atoms with van der Waals surface area (Å²) >= 11 is 0.